The Morgan fingerprint density at radius 2 is 1.79 bits per heavy atom. The first-order valence-corrected chi connectivity index (χ1v) is 10.2. The van der Waals surface area contributed by atoms with Gasteiger partial charge in [0.05, 0.1) is 17.3 Å². The minimum atomic E-state index is 0.0444. The van der Waals surface area contributed by atoms with Gasteiger partial charge in [0.25, 0.3) is 5.56 Å². The molecule has 0 N–H and O–H groups in total. The number of aryl methyl sites for hydroxylation is 2. The fourth-order valence-electron chi connectivity index (χ4n) is 3.58. The summed E-state index contributed by atoms with van der Waals surface area (Å²) in [7, 11) is 1.78. The molecule has 0 radical (unpaired) electrons. The van der Waals surface area contributed by atoms with Gasteiger partial charge in [-0.25, -0.2) is 4.98 Å². The molecule has 1 heterocycles. The van der Waals surface area contributed by atoms with Crippen LogP contribution in [0.15, 0.2) is 53.3 Å². The van der Waals surface area contributed by atoms with Crippen molar-refractivity contribution in [3.63, 3.8) is 0 Å². The summed E-state index contributed by atoms with van der Waals surface area (Å²) >= 11 is 0. The van der Waals surface area contributed by atoms with Crippen LogP contribution < -0.4 is 5.56 Å². The van der Waals surface area contributed by atoms with Crippen LogP contribution >= 0.6 is 0 Å². The minimum absolute atomic E-state index is 0.0444. The lowest BCUT2D eigenvalue weighted by atomic mass is 9.96. The molecule has 0 aliphatic carbocycles. The fourth-order valence-corrected chi connectivity index (χ4v) is 3.58. The molecule has 0 atom stereocenters. The molecule has 0 spiro atoms. The van der Waals surface area contributed by atoms with E-state index in [9.17, 15) is 10.1 Å². The Morgan fingerprint density at radius 1 is 1.07 bits per heavy atom. The molecule has 1 aromatic heterocycles. The number of unbranched alkanes of at least 4 members (excludes halogenated alkanes) is 2. The van der Waals surface area contributed by atoms with Crippen LogP contribution in [0.25, 0.3) is 11.1 Å². The monoisotopic (exact) mass is 385 g/mol. The Kier molecular flexibility index (Phi) is 6.61. The largest absolute Gasteiger partial charge is 0.300 e. The van der Waals surface area contributed by atoms with Crippen molar-refractivity contribution >= 4 is 0 Å². The van der Waals surface area contributed by atoms with Crippen LogP contribution in [0.3, 0.4) is 0 Å². The van der Waals surface area contributed by atoms with Crippen LogP contribution in [0.1, 0.15) is 54.4 Å². The third kappa shape index (κ3) is 4.63. The van der Waals surface area contributed by atoms with E-state index in [-0.39, 0.29) is 5.56 Å². The summed E-state index contributed by atoms with van der Waals surface area (Å²) in [6.45, 7) is 4.06. The van der Waals surface area contributed by atoms with Gasteiger partial charge in [0, 0.05) is 19.0 Å². The van der Waals surface area contributed by atoms with Gasteiger partial charge < -0.3 is 0 Å². The van der Waals surface area contributed by atoms with Gasteiger partial charge in [-0.15, -0.1) is 0 Å². The van der Waals surface area contributed by atoms with Crippen molar-refractivity contribution < 1.29 is 0 Å². The number of aromatic nitrogens is 2. The smallest absolute Gasteiger partial charge is 0.257 e. The van der Waals surface area contributed by atoms with E-state index in [0.29, 0.717) is 12.0 Å². The van der Waals surface area contributed by atoms with Crippen molar-refractivity contribution in [3.8, 4) is 17.2 Å². The Bertz CT molecular complexity index is 1090. The Labute approximate surface area is 172 Å². The van der Waals surface area contributed by atoms with Gasteiger partial charge in [-0.1, -0.05) is 62.2 Å². The molecule has 4 heteroatoms. The van der Waals surface area contributed by atoms with Crippen molar-refractivity contribution in [2.45, 2.75) is 46.0 Å². The zero-order chi connectivity index (χ0) is 20.8. The average molecular weight is 386 g/mol. The second kappa shape index (κ2) is 9.34. The molecule has 0 saturated carbocycles. The third-order valence-corrected chi connectivity index (χ3v) is 5.40. The van der Waals surface area contributed by atoms with Crippen LogP contribution in [0, 0.1) is 18.3 Å². The molecule has 0 bridgehead atoms. The van der Waals surface area contributed by atoms with Crippen LogP contribution in [0.5, 0.6) is 0 Å². The zero-order valence-corrected chi connectivity index (χ0v) is 17.4. The normalized spacial score (nSPS) is 10.7. The SMILES string of the molecule is CCCCCc1nc(C)n(C)c(=O)c1Cc1ccc(-c2ccccc2C#N)cc1. The molecule has 0 saturated heterocycles. The molecular weight excluding hydrogens is 358 g/mol. The van der Waals surface area contributed by atoms with E-state index in [2.05, 4.69) is 13.0 Å². The summed E-state index contributed by atoms with van der Waals surface area (Å²) in [4.78, 5) is 17.6. The van der Waals surface area contributed by atoms with Gasteiger partial charge in [0.2, 0.25) is 0 Å². The zero-order valence-electron chi connectivity index (χ0n) is 17.4. The molecule has 0 amide bonds. The highest BCUT2D eigenvalue weighted by Gasteiger charge is 2.14. The molecular formula is C25H27N3O. The maximum atomic E-state index is 12.9. The molecule has 4 nitrogen and oxygen atoms in total. The lowest BCUT2D eigenvalue weighted by Crippen LogP contribution is -2.27. The van der Waals surface area contributed by atoms with E-state index in [1.807, 2.05) is 55.5 Å². The van der Waals surface area contributed by atoms with Crippen LogP contribution in [0.2, 0.25) is 0 Å². The highest BCUT2D eigenvalue weighted by atomic mass is 16.1. The second-order valence-corrected chi connectivity index (χ2v) is 7.44. The Morgan fingerprint density at radius 3 is 2.48 bits per heavy atom. The molecule has 0 fully saturated rings. The van der Waals surface area contributed by atoms with Gasteiger partial charge in [-0.05, 0) is 42.5 Å². The van der Waals surface area contributed by atoms with Gasteiger partial charge in [-0.2, -0.15) is 5.26 Å². The molecule has 2 aromatic carbocycles. The van der Waals surface area contributed by atoms with Gasteiger partial charge in [0.1, 0.15) is 5.82 Å². The number of nitrogens with zero attached hydrogens (tertiary/aromatic N) is 3. The van der Waals surface area contributed by atoms with E-state index < -0.39 is 0 Å². The topological polar surface area (TPSA) is 58.7 Å². The molecule has 0 unspecified atom stereocenters. The van der Waals surface area contributed by atoms with E-state index in [0.717, 1.165) is 59.5 Å². The van der Waals surface area contributed by atoms with Gasteiger partial charge in [0.15, 0.2) is 0 Å². The van der Waals surface area contributed by atoms with Crippen LogP contribution in [-0.2, 0) is 19.9 Å². The molecule has 0 aliphatic rings. The average Bonchev–Trinajstić information content (AvgIpc) is 2.75. The van der Waals surface area contributed by atoms with Crippen molar-refractivity contribution in [3.05, 3.63) is 87.1 Å². The Balaban J connectivity index is 1.91. The summed E-state index contributed by atoms with van der Waals surface area (Å²) in [5.74, 6) is 0.758. The lowest BCUT2D eigenvalue weighted by Gasteiger charge is -2.13. The van der Waals surface area contributed by atoms with Crippen molar-refractivity contribution in [2.75, 3.05) is 0 Å². The van der Waals surface area contributed by atoms with E-state index >= 15 is 0 Å². The predicted molar refractivity (Wildman–Crippen MR) is 117 cm³/mol. The van der Waals surface area contributed by atoms with E-state index in [1.54, 1.807) is 11.6 Å². The first-order valence-electron chi connectivity index (χ1n) is 10.2. The summed E-state index contributed by atoms with van der Waals surface area (Å²) in [5, 5.41) is 9.33. The molecule has 29 heavy (non-hydrogen) atoms. The highest BCUT2D eigenvalue weighted by Crippen LogP contribution is 2.24. The van der Waals surface area contributed by atoms with Crippen LogP contribution in [0.4, 0.5) is 0 Å². The number of benzene rings is 2. The third-order valence-electron chi connectivity index (χ3n) is 5.40. The first kappa shape index (κ1) is 20.5. The molecule has 3 rings (SSSR count). The van der Waals surface area contributed by atoms with Crippen LogP contribution in [-0.4, -0.2) is 9.55 Å². The second-order valence-electron chi connectivity index (χ2n) is 7.44. The maximum absolute atomic E-state index is 12.9. The molecule has 148 valence electrons. The molecule has 3 aromatic rings. The summed E-state index contributed by atoms with van der Waals surface area (Å²) in [6, 6.07) is 18.0. The minimum Gasteiger partial charge on any atom is -0.300 e. The number of rotatable bonds is 7. The Hall–Kier alpha value is -3.19. The van der Waals surface area contributed by atoms with Crippen molar-refractivity contribution in [1.82, 2.24) is 9.55 Å². The fraction of sp³-hybridized carbons (Fsp3) is 0.320. The molecule has 0 aliphatic heterocycles. The number of hydrogen-bond acceptors (Lipinski definition) is 3. The lowest BCUT2D eigenvalue weighted by molar-refractivity contribution is 0.676. The summed E-state index contributed by atoms with van der Waals surface area (Å²) in [6.07, 6.45) is 4.75. The standard InChI is InChI=1S/C25H27N3O/c1-4-5-6-11-24-23(25(29)28(3)18(2)27-24)16-19-12-14-20(15-13-19)22-10-8-7-9-21(22)17-26/h7-10,12-15H,4-6,11,16H2,1-3H3. The highest BCUT2D eigenvalue weighted by molar-refractivity contribution is 5.70. The van der Waals surface area contributed by atoms with Crippen molar-refractivity contribution in [2.24, 2.45) is 7.05 Å². The maximum Gasteiger partial charge on any atom is 0.257 e. The van der Waals surface area contributed by atoms with E-state index in [1.165, 1.54) is 0 Å². The summed E-state index contributed by atoms with van der Waals surface area (Å²) < 4.78 is 1.64. The van der Waals surface area contributed by atoms with Gasteiger partial charge in [-0.3, -0.25) is 9.36 Å². The first-order chi connectivity index (χ1) is 14.0. The van der Waals surface area contributed by atoms with E-state index in [4.69, 9.17) is 4.98 Å². The van der Waals surface area contributed by atoms with Crippen molar-refractivity contribution in [1.29, 1.82) is 5.26 Å². The predicted octanol–water partition coefficient (Wildman–Crippen LogP) is 4.95. The quantitative estimate of drug-likeness (QED) is 0.541. The summed E-state index contributed by atoms with van der Waals surface area (Å²) in [5.41, 5.74) is 5.43. The number of nitriles is 1. The number of hydrogen-bond donors (Lipinski definition) is 0. The van der Waals surface area contributed by atoms with Gasteiger partial charge >= 0.3 is 0 Å².